The van der Waals surface area contributed by atoms with E-state index in [1.807, 2.05) is 31.2 Å². The van der Waals surface area contributed by atoms with Gasteiger partial charge in [0.25, 0.3) is 0 Å². The van der Waals surface area contributed by atoms with Gasteiger partial charge in [-0.3, -0.25) is 4.79 Å². The molecule has 0 bridgehead atoms. The van der Waals surface area contributed by atoms with Gasteiger partial charge in [0, 0.05) is 5.56 Å². The van der Waals surface area contributed by atoms with Crippen molar-refractivity contribution in [3.05, 3.63) is 35.4 Å². The summed E-state index contributed by atoms with van der Waals surface area (Å²) in [5.41, 5.74) is 2.01. The van der Waals surface area contributed by atoms with Crippen molar-refractivity contribution in [2.45, 2.75) is 19.4 Å². The van der Waals surface area contributed by atoms with E-state index in [-0.39, 0.29) is 11.8 Å². The molecule has 68 valence electrons. The van der Waals surface area contributed by atoms with Crippen molar-refractivity contribution in [3.63, 3.8) is 0 Å². The molecule has 1 unspecified atom stereocenters. The highest BCUT2D eigenvalue weighted by Gasteiger charge is 2.24. The van der Waals surface area contributed by atoms with E-state index >= 15 is 0 Å². The molecule has 2 rings (SSSR count). The molecule has 0 aromatic heterocycles. The number of carbonyl (C=O) groups excluding carboxylic acids is 1. The SMILES string of the molecule is Cc1ccc(C(=O)C2CCN2)cc1. The molecule has 0 saturated carbocycles. The molecule has 1 aromatic rings. The van der Waals surface area contributed by atoms with Crippen molar-refractivity contribution in [3.8, 4) is 0 Å². The molecule has 2 heteroatoms. The molecule has 2 nitrogen and oxygen atoms in total. The predicted molar refractivity (Wildman–Crippen MR) is 51.9 cm³/mol. The van der Waals surface area contributed by atoms with Gasteiger partial charge in [-0.25, -0.2) is 0 Å². The molecule has 1 N–H and O–H groups in total. The van der Waals surface area contributed by atoms with Gasteiger partial charge in [-0.05, 0) is 19.9 Å². The first-order valence-electron chi connectivity index (χ1n) is 4.61. The van der Waals surface area contributed by atoms with Gasteiger partial charge in [-0.15, -0.1) is 0 Å². The number of nitrogens with one attached hydrogen (secondary N) is 1. The second-order valence-corrected chi connectivity index (χ2v) is 3.53. The predicted octanol–water partition coefficient (Wildman–Crippen LogP) is 1.54. The van der Waals surface area contributed by atoms with Gasteiger partial charge in [-0.2, -0.15) is 0 Å². The summed E-state index contributed by atoms with van der Waals surface area (Å²) >= 11 is 0. The van der Waals surface area contributed by atoms with Crippen LogP contribution in [0, 0.1) is 6.92 Å². The quantitative estimate of drug-likeness (QED) is 0.691. The van der Waals surface area contributed by atoms with Crippen molar-refractivity contribution in [2.75, 3.05) is 6.54 Å². The third-order valence-corrected chi connectivity index (χ3v) is 2.48. The van der Waals surface area contributed by atoms with Crippen molar-refractivity contribution >= 4 is 5.78 Å². The fourth-order valence-electron chi connectivity index (χ4n) is 1.43. The number of Topliss-reactive ketones (excluding diaryl/α,β-unsaturated/α-hetero) is 1. The number of hydrogen-bond donors (Lipinski definition) is 1. The zero-order valence-electron chi connectivity index (χ0n) is 7.71. The van der Waals surface area contributed by atoms with Gasteiger partial charge >= 0.3 is 0 Å². The maximum Gasteiger partial charge on any atom is 0.179 e. The molecule has 1 aromatic carbocycles. The van der Waals surface area contributed by atoms with E-state index in [9.17, 15) is 4.79 Å². The lowest BCUT2D eigenvalue weighted by Crippen LogP contribution is -2.48. The van der Waals surface area contributed by atoms with E-state index in [4.69, 9.17) is 0 Å². The van der Waals surface area contributed by atoms with Gasteiger partial charge in [0.2, 0.25) is 0 Å². The van der Waals surface area contributed by atoms with E-state index in [0.717, 1.165) is 18.5 Å². The molecule has 0 radical (unpaired) electrons. The maximum atomic E-state index is 11.7. The van der Waals surface area contributed by atoms with Gasteiger partial charge in [0.1, 0.15) is 0 Å². The Hall–Kier alpha value is -1.15. The van der Waals surface area contributed by atoms with Gasteiger partial charge in [0.05, 0.1) is 6.04 Å². The first-order chi connectivity index (χ1) is 6.27. The Kier molecular flexibility index (Phi) is 2.15. The molecule has 1 aliphatic heterocycles. The van der Waals surface area contributed by atoms with Crippen LogP contribution in [0.25, 0.3) is 0 Å². The summed E-state index contributed by atoms with van der Waals surface area (Å²) in [5.74, 6) is 0.228. The Balaban J connectivity index is 2.15. The van der Waals surface area contributed by atoms with Crippen molar-refractivity contribution in [2.24, 2.45) is 0 Å². The second kappa shape index (κ2) is 3.30. The van der Waals surface area contributed by atoms with E-state index in [1.165, 1.54) is 5.56 Å². The average Bonchev–Trinajstić information content (AvgIpc) is 2.02. The molecular weight excluding hydrogens is 162 g/mol. The number of rotatable bonds is 2. The summed E-state index contributed by atoms with van der Waals surface area (Å²) in [7, 11) is 0. The van der Waals surface area contributed by atoms with Crippen LogP contribution >= 0.6 is 0 Å². The fraction of sp³-hybridized carbons (Fsp3) is 0.364. The highest BCUT2D eigenvalue weighted by Crippen LogP contribution is 2.11. The topological polar surface area (TPSA) is 29.1 Å². The van der Waals surface area contributed by atoms with E-state index < -0.39 is 0 Å². The van der Waals surface area contributed by atoms with Crippen molar-refractivity contribution in [1.29, 1.82) is 0 Å². The molecule has 13 heavy (non-hydrogen) atoms. The first kappa shape index (κ1) is 8.45. The minimum absolute atomic E-state index is 0.0720. The number of aryl methyl sites for hydroxylation is 1. The number of hydrogen-bond acceptors (Lipinski definition) is 2. The third kappa shape index (κ3) is 1.63. The third-order valence-electron chi connectivity index (χ3n) is 2.48. The van der Waals surface area contributed by atoms with E-state index in [2.05, 4.69) is 5.32 Å². The minimum atomic E-state index is 0.0720. The highest BCUT2D eigenvalue weighted by atomic mass is 16.1. The monoisotopic (exact) mass is 175 g/mol. The minimum Gasteiger partial charge on any atom is -0.307 e. The lowest BCUT2D eigenvalue weighted by atomic mass is 9.96. The molecule has 0 amide bonds. The first-order valence-corrected chi connectivity index (χ1v) is 4.61. The van der Waals surface area contributed by atoms with E-state index in [0.29, 0.717) is 0 Å². The smallest absolute Gasteiger partial charge is 0.179 e. The molecule has 1 fully saturated rings. The standard InChI is InChI=1S/C11H13NO/c1-8-2-4-9(5-3-8)11(13)10-6-7-12-10/h2-5,10,12H,6-7H2,1H3. The number of carbonyl (C=O) groups is 1. The molecule has 1 heterocycles. The largest absolute Gasteiger partial charge is 0.307 e. The van der Waals surface area contributed by atoms with Gasteiger partial charge in [0.15, 0.2) is 5.78 Å². The molecule has 1 atom stereocenters. The van der Waals surface area contributed by atoms with Gasteiger partial charge < -0.3 is 5.32 Å². The maximum absolute atomic E-state index is 11.7. The molecule has 1 aliphatic rings. The van der Waals surface area contributed by atoms with Crippen LogP contribution in [-0.4, -0.2) is 18.4 Å². The zero-order chi connectivity index (χ0) is 9.26. The van der Waals surface area contributed by atoms with E-state index in [1.54, 1.807) is 0 Å². The molecule has 1 saturated heterocycles. The summed E-state index contributed by atoms with van der Waals surface area (Å²) in [6.45, 7) is 3.00. The summed E-state index contributed by atoms with van der Waals surface area (Å²) in [6.07, 6.45) is 0.979. The van der Waals surface area contributed by atoms with Crippen LogP contribution in [0.5, 0.6) is 0 Å². The molecule has 0 spiro atoms. The number of benzene rings is 1. The molecular formula is C11H13NO. The fourth-order valence-corrected chi connectivity index (χ4v) is 1.43. The normalized spacial score (nSPS) is 20.8. The van der Waals surface area contributed by atoms with Crippen LogP contribution in [0.3, 0.4) is 0 Å². The summed E-state index contributed by atoms with van der Waals surface area (Å²) < 4.78 is 0. The van der Waals surface area contributed by atoms with Crippen molar-refractivity contribution < 1.29 is 4.79 Å². The zero-order valence-corrected chi connectivity index (χ0v) is 7.71. The average molecular weight is 175 g/mol. The summed E-state index contributed by atoms with van der Waals surface area (Å²) in [6, 6.07) is 7.83. The second-order valence-electron chi connectivity index (χ2n) is 3.53. The summed E-state index contributed by atoms with van der Waals surface area (Å²) in [5, 5.41) is 3.11. The van der Waals surface area contributed by atoms with Crippen LogP contribution in [0.1, 0.15) is 22.3 Å². The van der Waals surface area contributed by atoms with Crippen LogP contribution < -0.4 is 5.32 Å². The van der Waals surface area contributed by atoms with Crippen molar-refractivity contribution in [1.82, 2.24) is 5.32 Å². The highest BCUT2D eigenvalue weighted by molar-refractivity contribution is 6.00. The van der Waals surface area contributed by atoms with Gasteiger partial charge in [-0.1, -0.05) is 29.8 Å². The van der Waals surface area contributed by atoms with Crippen LogP contribution in [-0.2, 0) is 0 Å². The lowest BCUT2D eigenvalue weighted by molar-refractivity contribution is 0.0904. The Morgan fingerprint density at radius 3 is 2.46 bits per heavy atom. The Labute approximate surface area is 78.0 Å². The Morgan fingerprint density at radius 1 is 1.38 bits per heavy atom. The van der Waals surface area contributed by atoms with Crippen LogP contribution in [0.4, 0.5) is 0 Å². The molecule has 0 aliphatic carbocycles. The Morgan fingerprint density at radius 2 is 2.00 bits per heavy atom. The van der Waals surface area contributed by atoms with Crippen LogP contribution in [0.2, 0.25) is 0 Å². The van der Waals surface area contributed by atoms with Crippen LogP contribution in [0.15, 0.2) is 24.3 Å². The number of ketones is 1. The summed E-state index contributed by atoms with van der Waals surface area (Å²) in [4.78, 5) is 11.7. The Bertz CT molecular complexity index is 311. The lowest BCUT2D eigenvalue weighted by Gasteiger charge is -2.26.